The van der Waals surface area contributed by atoms with Crippen LogP contribution in [-0.2, 0) is 14.1 Å². The molecule has 1 unspecified atom stereocenters. The predicted molar refractivity (Wildman–Crippen MR) is 132 cm³/mol. The smallest absolute Gasteiger partial charge is 0.465 e. The number of fused-ring (bicyclic) bond motifs is 3. The second-order valence-electron chi connectivity index (χ2n) is 11.6. The summed E-state index contributed by atoms with van der Waals surface area (Å²) < 4.78 is 12.4. The van der Waals surface area contributed by atoms with Gasteiger partial charge in [0.1, 0.15) is 11.9 Å². The lowest BCUT2D eigenvalue weighted by Gasteiger charge is -2.37. The Kier molecular flexibility index (Phi) is 5.67. The first kappa shape index (κ1) is 24.1. The van der Waals surface area contributed by atoms with Crippen LogP contribution in [0, 0.1) is 11.8 Å². The van der Waals surface area contributed by atoms with Crippen molar-refractivity contribution in [1.29, 1.82) is 0 Å². The van der Waals surface area contributed by atoms with Crippen LogP contribution in [0.2, 0.25) is 0 Å². The average molecular weight is 482 g/mol. The Morgan fingerprint density at radius 1 is 1.20 bits per heavy atom. The fourth-order valence-corrected chi connectivity index (χ4v) is 5.78. The Morgan fingerprint density at radius 2 is 1.89 bits per heavy atom. The number of carbonyl (C=O) groups excluding carboxylic acids is 1. The molecule has 3 N–H and O–H groups in total. The Hall–Kier alpha value is -2.59. The first-order chi connectivity index (χ1) is 16.4. The van der Waals surface area contributed by atoms with E-state index < -0.39 is 30.5 Å². The van der Waals surface area contributed by atoms with Gasteiger partial charge in [0.15, 0.2) is 0 Å². The zero-order valence-electron chi connectivity index (χ0n) is 21.3. The molecule has 3 heterocycles. The predicted octanol–water partition coefficient (Wildman–Crippen LogP) is 3.21. The number of aromatic nitrogens is 2. The third-order valence-corrected chi connectivity index (χ3v) is 8.38. The molecule has 0 radical (unpaired) electrons. The molecule has 2 bridgehead atoms. The first-order valence-electron chi connectivity index (χ1n) is 12.5. The number of nitrogens with one attached hydrogen (secondary N) is 2. The number of H-pyrrole nitrogens is 1. The van der Waals surface area contributed by atoms with Crippen LogP contribution in [0.3, 0.4) is 0 Å². The van der Waals surface area contributed by atoms with Crippen LogP contribution in [0.25, 0.3) is 11.0 Å². The van der Waals surface area contributed by atoms with Crippen LogP contribution in [0.5, 0.6) is 0 Å². The number of likely N-dealkylation sites (tertiary alicyclic amines) is 1. The highest BCUT2D eigenvalue weighted by molar-refractivity contribution is 6.62. The van der Waals surface area contributed by atoms with Gasteiger partial charge in [-0.1, -0.05) is 19.9 Å². The molecular weight excluding hydrogens is 447 g/mol. The molecule has 1 aliphatic carbocycles. The summed E-state index contributed by atoms with van der Waals surface area (Å²) in [5, 5.41) is 11.7. The number of carbonyl (C=O) groups is 2. The molecule has 0 spiro atoms. The van der Waals surface area contributed by atoms with Gasteiger partial charge in [0, 0.05) is 6.04 Å². The number of hydrogen-bond donors (Lipinski definition) is 3. The molecule has 3 aliphatic rings. The number of imidazole rings is 1. The van der Waals surface area contributed by atoms with Crippen molar-refractivity contribution in [3.8, 4) is 0 Å². The largest absolute Gasteiger partial charge is 0.494 e. The summed E-state index contributed by atoms with van der Waals surface area (Å²) in [5.74, 6) is 0.739. The number of piperidine rings is 1. The molecule has 9 nitrogen and oxygen atoms in total. The van der Waals surface area contributed by atoms with Crippen LogP contribution in [0.15, 0.2) is 18.2 Å². The molecule has 1 aromatic carbocycles. The van der Waals surface area contributed by atoms with Gasteiger partial charge >= 0.3 is 13.2 Å². The van der Waals surface area contributed by atoms with Crippen molar-refractivity contribution in [1.82, 2.24) is 20.2 Å². The average Bonchev–Trinajstić information content (AvgIpc) is 3.51. The molecular formula is C25H35BN4O5. The highest BCUT2D eigenvalue weighted by atomic mass is 16.7. The fraction of sp³-hybridized carbons (Fsp3) is 0.640. The second-order valence-corrected chi connectivity index (χ2v) is 11.6. The van der Waals surface area contributed by atoms with Crippen LogP contribution in [0.1, 0.15) is 72.7 Å². The van der Waals surface area contributed by atoms with Crippen LogP contribution >= 0.6 is 0 Å². The van der Waals surface area contributed by atoms with E-state index in [0.29, 0.717) is 5.92 Å². The molecule has 2 aliphatic heterocycles. The summed E-state index contributed by atoms with van der Waals surface area (Å²) >= 11 is 0. The minimum Gasteiger partial charge on any atom is -0.465 e. The number of amides is 2. The summed E-state index contributed by atoms with van der Waals surface area (Å²) in [7, 11) is -0.467. The van der Waals surface area contributed by atoms with Gasteiger partial charge in [-0.25, -0.2) is 9.78 Å². The topological polar surface area (TPSA) is 117 Å². The molecule has 1 aromatic heterocycles. The minimum atomic E-state index is -1.18. The highest BCUT2D eigenvalue weighted by Gasteiger charge is 2.53. The van der Waals surface area contributed by atoms with Gasteiger partial charge in [0.2, 0.25) is 5.91 Å². The van der Waals surface area contributed by atoms with Gasteiger partial charge in [-0.15, -0.1) is 0 Å². The van der Waals surface area contributed by atoms with E-state index >= 15 is 0 Å². The van der Waals surface area contributed by atoms with Crippen LogP contribution in [-0.4, -0.2) is 62.4 Å². The number of carboxylic acid groups (broad SMARTS) is 1. The van der Waals surface area contributed by atoms with E-state index in [0.717, 1.165) is 41.6 Å². The zero-order valence-corrected chi connectivity index (χ0v) is 21.3. The molecule has 2 aromatic rings. The third-order valence-electron chi connectivity index (χ3n) is 8.38. The van der Waals surface area contributed by atoms with Crippen LogP contribution in [0.4, 0.5) is 4.79 Å². The van der Waals surface area contributed by atoms with E-state index in [1.54, 1.807) is 0 Å². The van der Waals surface area contributed by atoms with E-state index in [-0.39, 0.29) is 23.9 Å². The van der Waals surface area contributed by atoms with E-state index in [1.807, 2.05) is 64.6 Å². The van der Waals surface area contributed by atoms with Crippen molar-refractivity contribution in [2.45, 2.75) is 90.1 Å². The lowest BCUT2D eigenvalue weighted by molar-refractivity contribution is -0.139. The lowest BCUT2D eigenvalue weighted by atomic mass is 9.79. The summed E-state index contributed by atoms with van der Waals surface area (Å²) in [6.45, 7) is 11.9. The minimum absolute atomic E-state index is 0.114. The van der Waals surface area contributed by atoms with E-state index in [1.165, 1.54) is 0 Å². The summed E-state index contributed by atoms with van der Waals surface area (Å²) in [6.07, 6.45) is 1.72. The molecule has 2 amide bonds. The molecule has 1 saturated carbocycles. The summed E-state index contributed by atoms with van der Waals surface area (Å²) in [5.41, 5.74) is 1.75. The van der Waals surface area contributed by atoms with Crippen molar-refractivity contribution in [2.24, 2.45) is 11.8 Å². The maximum atomic E-state index is 13.6. The number of nitrogens with zero attached hydrogens (tertiary/aromatic N) is 2. The molecule has 35 heavy (non-hydrogen) atoms. The maximum Gasteiger partial charge on any atom is 0.494 e. The van der Waals surface area contributed by atoms with Crippen LogP contribution < -0.4 is 10.8 Å². The monoisotopic (exact) mass is 482 g/mol. The lowest BCUT2D eigenvalue weighted by Crippen LogP contribution is -2.53. The second kappa shape index (κ2) is 8.23. The molecule has 3 fully saturated rings. The SMILES string of the molecule is CC(C)C(NC(=O)O)C(=O)N1[C@H]2CC[C@H](C2)[C@@H]1c1nc2ccc(B3OC(C)(C)C(C)(C)O3)cc2[nH]1. The standard InChI is InChI=1S/C25H35BN4O5/c1-13(2)19(29-23(32)33)22(31)30-16-9-7-14(11-16)20(30)21-27-17-10-8-15(12-18(17)28-21)26-34-24(3,4)25(5,6)35-26/h8,10,12-14,16,19-20,29H,7,9,11H2,1-6H3,(H,27,28)(H,32,33)/t14-,16+,19?,20-/m1/s1. The number of hydrogen-bond acceptors (Lipinski definition) is 5. The highest BCUT2D eigenvalue weighted by Crippen LogP contribution is 2.50. The fourth-order valence-electron chi connectivity index (χ4n) is 5.78. The Balaban J connectivity index is 1.45. The Morgan fingerprint density at radius 3 is 2.51 bits per heavy atom. The molecule has 5 rings (SSSR count). The Labute approximate surface area is 206 Å². The third kappa shape index (κ3) is 4.00. The molecule has 4 atom stereocenters. The Bertz CT molecular complexity index is 1150. The van der Waals surface area contributed by atoms with Gasteiger partial charge in [-0.2, -0.15) is 0 Å². The first-order valence-corrected chi connectivity index (χ1v) is 12.5. The maximum absolute atomic E-state index is 13.6. The van der Waals surface area contributed by atoms with Crippen molar-refractivity contribution in [2.75, 3.05) is 0 Å². The van der Waals surface area contributed by atoms with Gasteiger partial charge in [-0.05, 0) is 76.4 Å². The zero-order chi connectivity index (χ0) is 25.3. The van der Waals surface area contributed by atoms with Crippen molar-refractivity contribution in [3.63, 3.8) is 0 Å². The normalized spacial score (nSPS) is 27.7. The van der Waals surface area contributed by atoms with E-state index in [2.05, 4.69) is 10.3 Å². The van der Waals surface area contributed by atoms with Gasteiger partial charge in [0.25, 0.3) is 0 Å². The van der Waals surface area contributed by atoms with E-state index in [9.17, 15) is 14.7 Å². The van der Waals surface area contributed by atoms with Crippen molar-refractivity contribution < 1.29 is 24.0 Å². The van der Waals surface area contributed by atoms with Gasteiger partial charge < -0.3 is 29.6 Å². The summed E-state index contributed by atoms with van der Waals surface area (Å²) in [4.78, 5) is 35.2. The number of aromatic amines is 1. The number of rotatable bonds is 5. The van der Waals surface area contributed by atoms with E-state index in [4.69, 9.17) is 14.3 Å². The van der Waals surface area contributed by atoms with Crippen molar-refractivity contribution >= 4 is 35.6 Å². The van der Waals surface area contributed by atoms with Crippen molar-refractivity contribution in [3.05, 3.63) is 24.0 Å². The van der Waals surface area contributed by atoms with Gasteiger partial charge in [0.05, 0.1) is 28.3 Å². The van der Waals surface area contributed by atoms with Gasteiger partial charge in [-0.3, -0.25) is 4.79 Å². The quantitative estimate of drug-likeness (QED) is 0.564. The molecule has 188 valence electrons. The molecule has 2 saturated heterocycles. The number of benzene rings is 1. The summed E-state index contributed by atoms with van der Waals surface area (Å²) in [6, 6.07) is 5.08. The molecule has 10 heteroatoms.